The van der Waals surface area contributed by atoms with Crippen LogP contribution in [0.4, 0.5) is 10.1 Å². The van der Waals surface area contributed by atoms with E-state index in [2.05, 4.69) is 10.00 Å². The predicted octanol–water partition coefficient (Wildman–Crippen LogP) is 3.64. The largest absolute Gasteiger partial charge is 0.493 e. The number of ether oxygens (including phenoxy) is 1. The number of nitrogens with zero attached hydrogens (tertiary/aromatic N) is 4. The topological polar surface area (TPSA) is 50.6 Å². The van der Waals surface area contributed by atoms with Crippen molar-refractivity contribution in [2.75, 3.05) is 38.2 Å². The molecule has 2 heterocycles. The fraction of sp³-hybridized carbons (Fsp3) is 0.238. The highest BCUT2D eigenvalue weighted by Gasteiger charge is 2.27. The summed E-state index contributed by atoms with van der Waals surface area (Å²) >= 11 is 6.08. The summed E-state index contributed by atoms with van der Waals surface area (Å²) in [5, 5.41) is 5.08. The molecule has 0 spiro atoms. The lowest BCUT2D eigenvalue weighted by atomic mass is 10.2. The van der Waals surface area contributed by atoms with Crippen molar-refractivity contribution in [3.05, 3.63) is 71.3 Å². The number of hydrogen-bond acceptors (Lipinski definition) is 4. The third kappa shape index (κ3) is 4.05. The first-order chi connectivity index (χ1) is 14.0. The van der Waals surface area contributed by atoms with Crippen molar-refractivity contribution in [3.63, 3.8) is 0 Å². The molecule has 2 aromatic carbocycles. The average molecular weight is 415 g/mol. The fourth-order valence-electron chi connectivity index (χ4n) is 3.37. The van der Waals surface area contributed by atoms with Gasteiger partial charge in [-0.1, -0.05) is 17.7 Å². The Bertz CT molecular complexity index is 1010. The zero-order valence-electron chi connectivity index (χ0n) is 15.9. The van der Waals surface area contributed by atoms with Gasteiger partial charge in [-0.25, -0.2) is 9.07 Å². The molecular formula is C21H20ClFN4O2. The number of halogens is 2. The monoisotopic (exact) mass is 414 g/mol. The molecule has 1 fully saturated rings. The SMILES string of the molecule is COc1cn(-c2ccc(F)cc2)nc1C(=O)N1CCN(c2cccc(Cl)c2)CC1. The average Bonchev–Trinajstić information content (AvgIpc) is 3.18. The Morgan fingerprint density at radius 1 is 1.07 bits per heavy atom. The number of anilines is 1. The van der Waals surface area contributed by atoms with Crippen LogP contribution in [-0.2, 0) is 0 Å². The Morgan fingerprint density at radius 2 is 1.79 bits per heavy atom. The number of hydrogen-bond donors (Lipinski definition) is 0. The molecule has 1 aromatic heterocycles. The number of amides is 1. The number of methoxy groups -OCH3 is 1. The third-order valence-corrected chi connectivity index (χ3v) is 5.17. The normalized spacial score (nSPS) is 14.2. The maximum atomic E-state index is 13.2. The maximum absolute atomic E-state index is 13.2. The van der Waals surface area contributed by atoms with Crippen molar-refractivity contribution in [3.8, 4) is 11.4 Å². The Balaban J connectivity index is 1.49. The molecule has 0 radical (unpaired) electrons. The lowest BCUT2D eigenvalue weighted by Gasteiger charge is -2.35. The fourth-order valence-corrected chi connectivity index (χ4v) is 3.56. The van der Waals surface area contributed by atoms with Crippen LogP contribution in [0.3, 0.4) is 0 Å². The van der Waals surface area contributed by atoms with Crippen molar-refractivity contribution in [2.24, 2.45) is 0 Å². The molecule has 1 amide bonds. The van der Waals surface area contributed by atoms with Crippen LogP contribution in [0.25, 0.3) is 5.69 Å². The van der Waals surface area contributed by atoms with Crippen molar-refractivity contribution < 1.29 is 13.9 Å². The van der Waals surface area contributed by atoms with E-state index in [0.717, 1.165) is 5.69 Å². The van der Waals surface area contributed by atoms with Crippen LogP contribution in [0, 0.1) is 5.82 Å². The van der Waals surface area contributed by atoms with Crippen LogP contribution in [0.5, 0.6) is 5.75 Å². The second-order valence-corrected chi connectivity index (χ2v) is 7.16. The number of piperazine rings is 1. The summed E-state index contributed by atoms with van der Waals surface area (Å²) in [5.41, 5.74) is 1.94. The number of carbonyl (C=O) groups excluding carboxylic acids is 1. The summed E-state index contributed by atoms with van der Waals surface area (Å²) in [6.07, 6.45) is 1.63. The lowest BCUT2D eigenvalue weighted by molar-refractivity contribution is 0.0737. The van der Waals surface area contributed by atoms with E-state index in [1.54, 1.807) is 23.2 Å². The van der Waals surface area contributed by atoms with E-state index in [9.17, 15) is 9.18 Å². The van der Waals surface area contributed by atoms with E-state index in [1.807, 2.05) is 24.3 Å². The van der Waals surface area contributed by atoms with Crippen LogP contribution in [0.1, 0.15) is 10.5 Å². The van der Waals surface area contributed by atoms with Crippen LogP contribution in [-0.4, -0.2) is 53.9 Å². The molecule has 0 saturated carbocycles. The van der Waals surface area contributed by atoms with Crippen molar-refractivity contribution >= 4 is 23.2 Å². The first kappa shape index (κ1) is 19.3. The van der Waals surface area contributed by atoms with E-state index < -0.39 is 0 Å². The number of aromatic nitrogens is 2. The summed E-state index contributed by atoms with van der Waals surface area (Å²) in [5.74, 6) is -0.133. The molecule has 0 atom stereocenters. The van der Waals surface area contributed by atoms with Gasteiger partial charge in [-0.05, 0) is 42.5 Å². The predicted molar refractivity (Wildman–Crippen MR) is 110 cm³/mol. The van der Waals surface area contributed by atoms with E-state index in [4.69, 9.17) is 16.3 Å². The minimum absolute atomic E-state index is 0.187. The summed E-state index contributed by atoms with van der Waals surface area (Å²) in [6, 6.07) is 13.6. The zero-order chi connectivity index (χ0) is 20.4. The van der Waals surface area contributed by atoms with E-state index >= 15 is 0 Å². The smallest absolute Gasteiger partial charge is 0.278 e. The molecule has 1 saturated heterocycles. The molecule has 0 N–H and O–H groups in total. The molecule has 0 unspecified atom stereocenters. The molecule has 29 heavy (non-hydrogen) atoms. The highest BCUT2D eigenvalue weighted by molar-refractivity contribution is 6.30. The van der Waals surface area contributed by atoms with Gasteiger partial charge in [0.2, 0.25) is 0 Å². The molecule has 1 aliphatic heterocycles. The first-order valence-corrected chi connectivity index (χ1v) is 9.62. The Kier molecular flexibility index (Phi) is 5.40. The zero-order valence-corrected chi connectivity index (χ0v) is 16.6. The van der Waals surface area contributed by atoms with Crippen LogP contribution < -0.4 is 9.64 Å². The minimum atomic E-state index is -0.332. The molecular weight excluding hydrogens is 395 g/mol. The standard InChI is InChI=1S/C21H20ClFN4O2/c1-29-19-14-27(17-7-5-16(23)6-8-17)24-20(19)21(28)26-11-9-25(10-12-26)18-4-2-3-15(22)13-18/h2-8,13-14H,9-12H2,1H3. The molecule has 3 aromatic rings. The van der Waals surface area contributed by atoms with Gasteiger partial charge >= 0.3 is 0 Å². The van der Waals surface area contributed by atoms with Crippen molar-refractivity contribution in [1.82, 2.24) is 14.7 Å². The Hall–Kier alpha value is -3.06. The van der Waals surface area contributed by atoms with Gasteiger partial charge < -0.3 is 14.5 Å². The number of carbonyl (C=O) groups is 1. The number of benzene rings is 2. The van der Waals surface area contributed by atoms with E-state index in [0.29, 0.717) is 42.6 Å². The van der Waals surface area contributed by atoms with Crippen molar-refractivity contribution in [1.29, 1.82) is 0 Å². The molecule has 150 valence electrons. The molecule has 0 bridgehead atoms. The van der Waals surface area contributed by atoms with Gasteiger partial charge in [-0.2, -0.15) is 5.10 Å². The Morgan fingerprint density at radius 3 is 2.45 bits per heavy atom. The Labute approximate surface area is 173 Å². The van der Waals surface area contributed by atoms with Gasteiger partial charge in [-0.3, -0.25) is 4.79 Å². The minimum Gasteiger partial charge on any atom is -0.493 e. The van der Waals surface area contributed by atoms with Gasteiger partial charge in [0.15, 0.2) is 11.4 Å². The quantitative estimate of drug-likeness (QED) is 0.654. The van der Waals surface area contributed by atoms with E-state index in [1.165, 1.54) is 23.9 Å². The summed E-state index contributed by atoms with van der Waals surface area (Å²) in [7, 11) is 1.50. The second kappa shape index (κ2) is 8.13. The second-order valence-electron chi connectivity index (χ2n) is 6.73. The molecule has 6 nitrogen and oxygen atoms in total. The van der Waals surface area contributed by atoms with Crippen molar-refractivity contribution in [2.45, 2.75) is 0 Å². The highest BCUT2D eigenvalue weighted by atomic mass is 35.5. The van der Waals surface area contributed by atoms with Gasteiger partial charge in [0, 0.05) is 36.9 Å². The van der Waals surface area contributed by atoms with E-state index in [-0.39, 0.29) is 17.4 Å². The third-order valence-electron chi connectivity index (χ3n) is 4.93. The maximum Gasteiger partial charge on any atom is 0.278 e. The lowest BCUT2D eigenvalue weighted by Crippen LogP contribution is -2.49. The van der Waals surface area contributed by atoms with Crippen LogP contribution >= 0.6 is 11.6 Å². The van der Waals surface area contributed by atoms with Gasteiger partial charge in [0.1, 0.15) is 5.82 Å². The number of rotatable bonds is 4. The first-order valence-electron chi connectivity index (χ1n) is 9.24. The van der Waals surface area contributed by atoms with Crippen LogP contribution in [0.2, 0.25) is 5.02 Å². The summed E-state index contributed by atoms with van der Waals surface area (Å²) in [6.45, 7) is 2.54. The van der Waals surface area contributed by atoms with Gasteiger partial charge in [0.25, 0.3) is 5.91 Å². The molecule has 0 aliphatic carbocycles. The van der Waals surface area contributed by atoms with Gasteiger partial charge in [-0.15, -0.1) is 0 Å². The van der Waals surface area contributed by atoms with Crippen LogP contribution in [0.15, 0.2) is 54.7 Å². The van der Waals surface area contributed by atoms with Gasteiger partial charge in [0.05, 0.1) is 19.0 Å². The summed E-state index contributed by atoms with van der Waals surface area (Å²) in [4.78, 5) is 17.0. The molecule has 1 aliphatic rings. The summed E-state index contributed by atoms with van der Waals surface area (Å²) < 4.78 is 20.1. The highest BCUT2D eigenvalue weighted by Crippen LogP contribution is 2.24. The molecule has 8 heteroatoms. The molecule has 4 rings (SSSR count).